The summed E-state index contributed by atoms with van der Waals surface area (Å²) < 4.78 is 0. The number of hydrogen-bond donors (Lipinski definition) is 2. The van der Waals surface area contributed by atoms with Crippen molar-refractivity contribution in [1.29, 1.82) is 0 Å². The van der Waals surface area contributed by atoms with Crippen molar-refractivity contribution in [2.24, 2.45) is 17.8 Å². The van der Waals surface area contributed by atoms with Crippen LogP contribution >= 0.6 is 0 Å². The number of anilines is 2. The fraction of sp³-hybridized carbons (Fsp3) is 0.615. The minimum atomic E-state index is 0.757. The highest BCUT2D eigenvalue weighted by molar-refractivity contribution is 5.60. The van der Waals surface area contributed by atoms with Gasteiger partial charge in [-0.05, 0) is 55.6 Å². The highest BCUT2D eigenvalue weighted by Crippen LogP contribution is 2.49. The number of nitrogens with two attached hydrogens (primary N) is 1. The van der Waals surface area contributed by atoms with E-state index < -0.39 is 0 Å². The average molecular weight is 217 g/mol. The Kier molecular flexibility index (Phi) is 2.46. The zero-order valence-corrected chi connectivity index (χ0v) is 9.52. The first kappa shape index (κ1) is 9.94. The highest BCUT2D eigenvalue weighted by atomic mass is 15.0. The van der Waals surface area contributed by atoms with Crippen LogP contribution in [0.4, 0.5) is 11.5 Å². The number of rotatable bonds is 5. The lowest BCUT2D eigenvalue weighted by Crippen LogP contribution is -2.19. The zero-order valence-electron chi connectivity index (χ0n) is 9.52. The summed E-state index contributed by atoms with van der Waals surface area (Å²) in [6.07, 6.45) is 7.52. The van der Waals surface area contributed by atoms with E-state index in [1.54, 1.807) is 6.20 Å². The van der Waals surface area contributed by atoms with Gasteiger partial charge in [-0.3, -0.25) is 0 Å². The summed E-state index contributed by atoms with van der Waals surface area (Å²) in [5.41, 5.74) is 6.62. The molecule has 0 radical (unpaired) electrons. The molecule has 2 aliphatic rings. The second kappa shape index (κ2) is 3.96. The van der Waals surface area contributed by atoms with Crippen LogP contribution in [0, 0.1) is 17.8 Å². The Morgan fingerprint density at radius 2 is 2.00 bits per heavy atom. The standard InChI is InChI=1S/C13H19N3/c14-12-2-1-7-15-13(12)16-8-11(9-3-4-9)10-5-6-10/h1-2,7,9-11H,3-6,8,14H2,(H,15,16). The molecule has 16 heavy (non-hydrogen) atoms. The zero-order chi connectivity index (χ0) is 11.0. The lowest BCUT2D eigenvalue weighted by Gasteiger charge is -2.17. The summed E-state index contributed by atoms with van der Waals surface area (Å²) in [5.74, 6) is 3.67. The van der Waals surface area contributed by atoms with Crippen LogP contribution in [0.2, 0.25) is 0 Å². The van der Waals surface area contributed by atoms with Gasteiger partial charge >= 0.3 is 0 Å². The van der Waals surface area contributed by atoms with E-state index in [1.165, 1.54) is 25.7 Å². The van der Waals surface area contributed by atoms with Gasteiger partial charge in [0.2, 0.25) is 0 Å². The van der Waals surface area contributed by atoms with E-state index in [9.17, 15) is 0 Å². The van der Waals surface area contributed by atoms with Gasteiger partial charge in [-0.25, -0.2) is 4.98 Å². The third-order valence-corrected chi connectivity index (χ3v) is 3.80. The van der Waals surface area contributed by atoms with Gasteiger partial charge in [-0.1, -0.05) is 0 Å². The molecule has 2 aliphatic carbocycles. The predicted octanol–water partition coefficient (Wildman–Crippen LogP) is 2.51. The second-order valence-electron chi connectivity index (χ2n) is 5.16. The van der Waals surface area contributed by atoms with E-state index in [0.29, 0.717) is 0 Å². The molecule has 2 fully saturated rings. The van der Waals surface area contributed by atoms with Crippen molar-refractivity contribution in [3.63, 3.8) is 0 Å². The molecule has 1 aromatic heterocycles. The SMILES string of the molecule is Nc1cccnc1NCC(C1CC1)C1CC1. The van der Waals surface area contributed by atoms with Gasteiger partial charge in [0, 0.05) is 12.7 Å². The van der Waals surface area contributed by atoms with Crippen LogP contribution < -0.4 is 11.1 Å². The van der Waals surface area contributed by atoms with Gasteiger partial charge in [0.25, 0.3) is 0 Å². The fourth-order valence-corrected chi connectivity index (χ4v) is 2.55. The molecule has 0 bridgehead atoms. The van der Waals surface area contributed by atoms with Crippen molar-refractivity contribution in [1.82, 2.24) is 4.98 Å². The Labute approximate surface area is 96.4 Å². The predicted molar refractivity (Wildman–Crippen MR) is 66.1 cm³/mol. The lowest BCUT2D eigenvalue weighted by molar-refractivity contribution is 0.428. The van der Waals surface area contributed by atoms with Gasteiger partial charge in [0.15, 0.2) is 0 Å². The van der Waals surface area contributed by atoms with Crippen LogP contribution in [0.15, 0.2) is 18.3 Å². The molecule has 1 heterocycles. The van der Waals surface area contributed by atoms with Crippen molar-refractivity contribution in [3.05, 3.63) is 18.3 Å². The summed E-state index contributed by atoms with van der Waals surface area (Å²) in [4.78, 5) is 4.27. The molecule has 0 amide bonds. The number of nitrogens with zero attached hydrogens (tertiary/aromatic N) is 1. The van der Waals surface area contributed by atoms with Crippen molar-refractivity contribution in [3.8, 4) is 0 Å². The summed E-state index contributed by atoms with van der Waals surface area (Å²) in [7, 11) is 0. The fourth-order valence-electron chi connectivity index (χ4n) is 2.55. The largest absolute Gasteiger partial charge is 0.396 e. The van der Waals surface area contributed by atoms with Crippen LogP contribution in [-0.4, -0.2) is 11.5 Å². The van der Waals surface area contributed by atoms with Crippen LogP contribution in [-0.2, 0) is 0 Å². The molecule has 0 aromatic carbocycles. The minimum Gasteiger partial charge on any atom is -0.396 e. The molecule has 86 valence electrons. The van der Waals surface area contributed by atoms with E-state index in [2.05, 4.69) is 10.3 Å². The smallest absolute Gasteiger partial charge is 0.149 e. The van der Waals surface area contributed by atoms with Crippen molar-refractivity contribution >= 4 is 11.5 Å². The van der Waals surface area contributed by atoms with Gasteiger partial charge in [-0.2, -0.15) is 0 Å². The maximum absolute atomic E-state index is 5.87. The number of nitrogens with one attached hydrogen (secondary N) is 1. The lowest BCUT2D eigenvalue weighted by atomic mass is 9.98. The van der Waals surface area contributed by atoms with E-state index in [4.69, 9.17) is 5.73 Å². The van der Waals surface area contributed by atoms with Crippen LogP contribution in [0.1, 0.15) is 25.7 Å². The first-order valence-electron chi connectivity index (χ1n) is 6.29. The van der Waals surface area contributed by atoms with Crippen molar-refractivity contribution < 1.29 is 0 Å². The van der Waals surface area contributed by atoms with E-state index in [1.807, 2.05) is 12.1 Å². The van der Waals surface area contributed by atoms with E-state index in [0.717, 1.165) is 35.8 Å². The molecule has 0 saturated heterocycles. The quantitative estimate of drug-likeness (QED) is 0.796. The highest BCUT2D eigenvalue weighted by Gasteiger charge is 2.41. The van der Waals surface area contributed by atoms with Gasteiger partial charge in [0.1, 0.15) is 5.82 Å². The number of aromatic nitrogens is 1. The molecule has 3 nitrogen and oxygen atoms in total. The number of hydrogen-bond acceptors (Lipinski definition) is 3. The molecule has 0 aliphatic heterocycles. The second-order valence-corrected chi connectivity index (χ2v) is 5.16. The maximum Gasteiger partial charge on any atom is 0.149 e. The molecule has 0 spiro atoms. The summed E-state index contributed by atoms with van der Waals surface area (Å²) in [5, 5.41) is 3.42. The molecule has 0 atom stereocenters. The minimum absolute atomic E-state index is 0.757. The Morgan fingerprint density at radius 3 is 2.56 bits per heavy atom. The molecular formula is C13H19N3. The molecular weight excluding hydrogens is 198 g/mol. The molecule has 3 N–H and O–H groups in total. The summed E-state index contributed by atoms with van der Waals surface area (Å²) >= 11 is 0. The van der Waals surface area contributed by atoms with E-state index >= 15 is 0 Å². The van der Waals surface area contributed by atoms with Crippen LogP contribution in [0.5, 0.6) is 0 Å². The number of nitrogen functional groups attached to an aromatic ring is 1. The monoisotopic (exact) mass is 217 g/mol. The molecule has 3 heteroatoms. The van der Waals surface area contributed by atoms with Crippen LogP contribution in [0.3, 0.4) is 0 Å². The van der Waals surface area contributed by atoms with Gasteiger partial charge < -0.3 is 11.1 Å². The Morgan fingerprint density at radius 1 is 1.31 bits per heavy atom. The number of pyridine rings is 1. The molecule has 0 unspecified atom stereocenters. The summed E-state index contributed by atoms with van der Waals surface area (Å²) in [6.45, 7) is 1.05. The molecule has 1 aromatic rings. The third kappa shape index (κ3) is 2.13. The molecule has 2 saturated carbocycles. The van der Waals surface area contributed by atoms with Gasteiger partial charge in [-0.15, -0.1) is 0 Å². The normalized spacial score (nSPS) is 20.1. The Bertz CT molecular complexity index is 357. The molecule has 3 rings (SSSR count). The van der Waals surface area contributed by atoms with E-state index in [-0.39, 0.29) is 0 Å². The Hall–Kier alpha value is -1.25. The van der Waals surface area contributed by atoms with Crippen molar-refractivity contribution in [2.75, 3.05) is 17.6 Å². The van der Waals surface area contributed by atoms with Gasteiger partial charge in [0.05, 0.1) is 5.69 Å². The Balaban J connectivity index is 1.60. The van der Waals surface area contributed by atoms with Crippen LogP contribution in [0.25, 0.3) is 0 Å². The first-order chi connectivity index (χ1) is 7.84. The first-order valence-corrected chi connectivity index (χ1v) is 6.29. The average Bonchev–Trinajstić information content (AvgIpc) is 3.15. The maximum atomic E-state index is 5.87. The van der Waals surface area contributed by atoms with Crippen molar-refractivity contribution in [2.45, 2.75) is 25.7 Å². The third-order valence-electron chi connectivity index (χ3n) is 3.80. The summed E-state index contributed by atoms with van der Waals surface area (Å²) in [6, 6.07) is 3.78. The topological polar surface area (TPSA) is 50.9 Å².